The van der Waals surface area contributed by atoms with E-state index < -0.39 is 0 Å². The lowest BCUT2D eigenvalue weighted by atomic mass is 9.59. The van der Waals surface area contributed by atoms with Gasteiger partial charge in [-0.1, -0.05) is 0 Å². The molecule has 0 saturated carbocycles. The van der Waals surface area contributed by atoms with E-state index in [9.17, 15) is 4.79 Å². The molecule has 0 spiro atoms. The highest BCUT2D eigenvalue weighted by Crippen LogP contribution is 2.53. The number of ether oxygens (including phenoxy) is 3. The van der Waals surface area contributed by atoms with Gasteiger partial charge >= 0.3 is 0 Å². The van der Waals surface area contributed by atoms with Crippen LogP contribution in [-0.4, -0.2) is 44.2 Å². The molecule has 1 aromatic rings. The number of piperidine rings is 1. The number of likely N-dealkylation sites (tertiary alicyclic amines) is 1. The van der Waals surface area contributed by atoms with Crippen molar-refractivity contribution in [2.75, 3.05) is 27.5 Å². The lowest BCUT2D eigenvalue weighted by molar-refractivity contribution is -0.114. The molecule has 2 aliphatic carbocycles. The Kier molecular flexibility index (Phi) is 2.72. The Bertz CT molecular complexity index is 825. The number of likely N-dealkylation sites (N-methyl/N-ethyl adjacent to an activating group) is 1. The quantitative estimate of drug-likeness (QED) is 0.790. The molecule has 0 unspecified atom stereocenters. The highest BCUT2D eigenvalue weighted by atomic mass is 16.7. The molecule has 5 nitrogen and oxygen atoms in total. The van der Waals surface area contributed by atoms with Crippen molar-refractivity contribution >= 4 is 5.78 Å². The summed E-state index contributed by atoms with van der Waals surface area (Å²) in [5, 5.41) is 0. The van der Waals surface area contributed by atoms with Gasteiger partial charge in [-0.3, -0.25) is 9.69 Å². The van der Waals surface area contributed by atoms with Crippen LogP contribution in [0.25, 0.3) is 0 Å². The minimum Gasteiger partial charge on any atom is -0.493 e. The fourth-order valence-corrected chi connectivity index (χ4v) is 4.65. The summed E-state index contributed by atoms with van der Waals surface area (Å²) < 4.78 is 16.5. The van der Waals surface area contributed by atoms with Gasteiger partial charge < -0.3 is 14.2 Å². The molecule has 5 rings (SSSR count). The summed E-state index contributed by atoms with van der Waals surface area (Å²) in [6, 6.07) is 4.45. The number of hydrogen-bond donors (Lipinski definition) is 0. The van der Waals surface area contributed by atoms with Crippen molar-refractivity contribution in [2.24, 2.45) is 0 Å². The first-order valence-electron chi connectivity index (χ1n) is 8.29. The number of rotatable bonds is 1. The van der Waals surface area contributed by atoms with E-state index in [1.54, 1.807) is 13.2 Å². The predicted molar refractivity (Wildman–Crippen MR) is 87.2 cm³/mol. The number of carbonyl (C=O) groups excluding carboxylic acids is 1. The maximum atomic E-state index is 12.4. The molecule has 0 amide bonds. The van der Waals surface area contributed by atoms with Crippen LogP contribution in [0.2, 0.25) is 0 Å². The van der Waals surface area contributed by atoms with Crippen LogP contribution in [0.1, 0.15) is 17.5 Å². The average Bonchev–Trinajstić information content (AvgIpc) is 3.04. The van der Waals surface area contributed by atoms with E-state index in [4.69, 9.17) is 14.2 Å². The lowest BCUT2D eigenvalue weighted by Crippen LogP contribution is -2.54. The van der Waals surface area contributed by atoms with Crippen molar-refractivity contribution < 1.29 is 19.0 Å². The second-order valence-electron chi connectivity index (χ2n) is 6.96. The van der Waals surface area contributed by atoms with E-state index in [-0.39, 0.29) is 24.0 Å². The van der Waals surface area contributed by atoms with Crippen molar-refractivity contribution in [1.29, 1.82) is 0 Å². The fourth-order valence-electron chi connectivity index (χ4n) is 4.65. The smallest absolute Gasteiger partial charge is 0.231 e. The Balaban J connectivity index is 1.78. The van der Waals surface area contributed by atoms with E-state index in [1.807, 2.05) is 6.08 Å². The molecule has 2 atom stereocenters. The SMILES string of the molecule is COC1=C[C@@]23CCN(C)[C@@H](Cc4cc5c(cc42)OCO5)C3=CC1=O. The number of carbonyl (C=O) groups is 1. The largest absolute Gasteiger partial charge is 0.493 e. The van der Waals surface area contributed by atoms with E-state index in [1.165, 1.54) is 16.7 Å². The molecule has 2 aliphatic heterocycles. The second kappa shape index (κ2) is 4.63. The first-order valence-corrected chi connectivity index (χ1v) is 8.29. The number of hydrogen-bond acceptors (Lipinski definition) is 5. The van der Waals surface area contributed by atoms with Gasteiger partial charge in [-0.25, -0.2) is 0 Å². The van der Waals surface area contributed by atoms with Gasteiger partial charge in [0.05, 0.1) is 7.11 Å². The van der Waals surface area contributed by atoms with Gasteiger partial charge in [-0.15, -0.1) is 0 Å². The molecule has 0 radical (unpaired) electrons. The van der Waals surface area contributed by atoms with Crippen LogP contribution in [0.4, 0.5) is 0 Å². The zero-order chi connectivity index (χ0) is 16.5. The van der Waals surface area contributed by atoms with Gasteiger partial charge in [0.2, 0.25) is 12.6 Å². The maximum absolute atomic E-state index is 12.4. The Morgan fingerprint density at radius 1 is 1.29 bits per heavy atom. The lowest BCUT2D eigenvalue weighted by Gasteiger charge is -2.52. The number of nitrogens with zero attached hydrogens (tertiary/aromatic N) is 1. The molecular formula is C19H19NO4. The zero-order valence-electron chi connectivity index (χ0n) is 13.8. The Morgan fingerprint density at radius 3 is 2.88 bits per heavy atom. The van der Waals surface area contributed by atoms with Crippen LogP contribution in [0.3, 0.4) is 0 Å². The summed E-state index contributed by atoms with van der Waals surface area (Å²) in [6.07, 6.45) is 5.65. The number of benzene rings is 1. The van der Waals surface area contributed by atoms with Gasteiger partial charge in [-0.2, -0.15) is 0 Å². The van der Waals surface area contributed by atoms with Crippen LogP contribution < -0.4 is 9.47 Å². The Hall–Kier alpha value is -2.27. The van der Waals surface area contributed by atoms with Crippen molar-refractivity contribution in [3.8, 4) is 11.5 Å². The number of ketones is 1. The average molecular weight is 325 g/mol. The summed E-state index contributed by atoms with van der Waals surface area (Å²) in [4.78, 5) is 14.7. The molecule has 1 aromatic carbocycles. The molecular weight excluding hydrogens is 306 g/mol. The molecule has 0 N–H and O–H groups in total. The summed E-state index contributed by atoms with van der Waals surface area (Å²) in [5.41, 5.74) is 3.41. The van der Waals surface area contributed by atoms with E-state index in [2.05, 4.69) is 24.1 Å². The van der Waals surface area contributed by atoms with Crippen molar-refractivity contribution in [1.82, 2.24) is 4.90 Å². The Morgan fingerprint density at radius 2 is 2.08 bits per heavy atom. The third kappa shape index (κ3) is 1.65. The van der Waals surface area contributed by atoms with Crippen LogP contribution in [0.5, 0.6) is 11.5 Å². The molecule has 2 heterocycles. The first kappa shape index (κ1) is 14.1. The molecule has 124 valence electrons. The third-order valence-electron chi connectivity index (χ3n) is 5.88. The van der Waals surface area contributed by atoms with Crippen molar-refractivity contribution in [2.45, 2.75) is 24.3 Å². The monoisotopic (exact) mass is 325 g/mol. The highest BCUT2D eigenvalue weighted by Gasteiger charge is 2.50. The molecule has 4 aliphatic rings. The molecule has 2 bridgehead atoms. The molecule has 5 heteroatoms. The summed E-state index contributed by atoms with van der Waals surface area (Å²) in [7, 11) is 3.70. The number of allylic oxidation sites excluding steroid dienone is 2. The molecule has 0 aromatic heterocycles. The Labute approximate surface area is 140 Å². The van der Waals surface area contributed by atoms with Crippen LogP contribution in [-0.2, 0) is 21.4 Å². The van der Waals surface area contributed by atoms with E-state index >= 15 is 0 Å². The topological polar surface area (TPSA) is 48.0 Å². The maximum Gasteiger partial charge on any atom is 0.231 e. The third-order valence-corrected chi connectivity index (χ3v) is 5.88. The van der Waals surface area contributed by atoms with Crippen LogP contribution >= 0.6 is 0 Å². The van der Waals surface area contributed by atoms with Crippen LogP contribution in [0, 0.1) is 0 Å². The summed E-state index contributed by atoms with van der Waals surface area (Å²) >= 11 is 0. The highest BCUT2D eigenvalue weighted by molar-refractivity contribution is 6.05. The van der Waals surface area contributed by atoms with Gasteiger partial charge in [0.15, 0.2) is 17.3 Å². The van der Waals surface area contributed by atoms with Crippen LogP contribution in [0.15, 0.2) is 35.6 Å². The summed E-state index contributed by atoms with van der Waals surface area (Å²) in [6.45, 7) is 1.26. The number of methoxy groups -OCH3 is 1. The molecule has 24 heavy (non-hydrogen) atoms. The minimum absolute atomic E-state index is 0.0346. The van der Waals surface area contributed by atoms with E-state index in [0.717, 1.165) is 30.9 Å². The van der Waals surface area contributed by atoms with Gasteiger partial charge in [-0.05, 0) is 67.4 Å². The standard InChI is InChI=1S/C19H19NO4/c1-20-4-3-19-9-18(22-2)15(21)7-13(19)14(20)5-11-6-16-17(8-12(11)19)24-10-23-16/h6-9,14H,3-5,10H2,1-2H3/t14-,19-/m0/s1. The summed E-state index contributed by atoms with van der Waals surface area (Å²) in [5.74, 6) is 2.02. The zero-order valence-corrected chi connectivity index (χ0v) is 13.8. The fraction of sp³-hybridized carbons (Fsp3) is 0.421. The first-order chi connectivity index (χ1) is 11.6. The van der Waals surface area contributed by atoms with Gasteiger partial charge in [0.1, 0.15) is 0 Å². The molecule has 1 saturated heterocycles. The van der Waals surface area contributed by atoms with Crippen molar-refractivity contribution in [3.05, 3.63) is 46.7 Å². The molecule has 1 fully saturated rings. The number of fused-ring (bicyclic) bond motifs is 2. The van der Waals surface area contributed by atoms with Gasteiger partial charge in [0, 0.05) is 11.5 Å². The minimum atomic E-state index is -0.273. The van der Waals surface area contributed by atoms with Gasteiger partial charge in [0.25, 0.3) is 0 Å². The van der Waals surface area contributed by atoms with E-state index in [0.29, 0.717) is 5.76 Å². The van der Waals surface area contributed by atoms with Crippen molar-refractivity contribution in [3.63, 3.8) is 0 Å². The normalized spacial score (nSPS) is 30.2. The second-order valence-corrected chi connectivity index (χ2v) is 6.96. The predicted octanol–water partition coefficient (Wildman–Crippen LogP) is 1.95.